The van der Waals surface area contributed by atoms with E-state index in [1.807, 2.05) is 6.92 Å². The molecule has 1 aliphatic rings. The number of H-pyrrole nitrogens is 1. The van der Waals surface area contributed by atoms with Crippen molar-refractivity contribution in [1.82, 2.24) is 9.88 Å². The number of likely N-dealkylation sites (tertiary alicyclic amines) is 1. The number of hydrogen-bond donors (Lipinski definition) is 2. The summed E-state index contributed by atoms with van der Waals surface area (Å²) in [4.78, 5) is 27.5. The Morgan fingerprint density at radius 1 is 1.53 bits per heavy atom. The minimum absolute atomic E-state index is 0.00477. The molecule has 2 N–H and O–H groups in total. The van der Waals surface area contributed by atoms with E-state index >= 15 is 0 Å². The smallest absolute Gasteiger partial charge is 0.308 e. The number of carbonyl (C=O) groups excluding carboxylic acids is 1. The second kappa shape index (κ2) is 4.52. The monoisotopic (exact) mass is 300 g/mol. The largest absolute Gasteiger partial charge is 0.481 e. The molecule has 17 heavy (non-hydrogen) atoms. The summed E-state index contributed by atoms with van der Waals surface area (Å²) in [5.74, 6) is -1.45. The van der Waals surface area contributed by atoms with Gasteiger partial charge in [0.1, 0.15) is 5.69 Å². The van der Waals surface area contributed by atoms with Gasteiger partial charge in [0.05, 0.1) is 5.92 Å². The highest BCUT2D eigenvalue weighted by Gasteiger charge is 2.37. The number of carboxylic acids is 1. The molecule has 2 heterocycles. The molecule has 0 aliphatic carbocycles. The first-order valence-electron chi connectivity index (χ1n) is 5.35. The van der Waals surface area contributed by atoms with Crippen LogP contribution < -0.4 is 0 Å². The van der Waals surface area contributed by atoms with Crippen molar-refractivity contribution in [2.45, 2.75) is 6.92 Å². The summed E-state index contributed by atoms with van der Waals surface area (Å²) < 4.78 is 0.808. The molecule has 92 valence electrons. The highest BCUT2D eigenvalue weighted by atomic mass is 79.9. The Morgan fingerprint density at radius 2 is 2.24 bits per heavy atom. The molecule has 1 saturated heterocycles. The number of amides is 1. The minimum atomic E-state index is -0.833. The Bertz CT molecular complexity index is 457. The van der Waals surface area contributed by atoms with Crippen LogP contribution in [0.1, 0.15) is 17.4 Å². The van der Waals surface area contributed by atoms with Crippen LogP contribution in [0, 0.1) is 11.8 Å². The zero-order valence-electron chi connectivity index (χ0n) is 9.31. The lowest BCUT2D eigenvalue weighted by molar-refractivity contribution is -0.142. The van der Waals surface area contributed by atoms with Gasteiger partial charge in [-0.15, -0.1) is 0 Å². The third kappa shape index (κ3) is 2.36. The lowest BCUT2D eigenvalue weighted by Crippen LogP contribution is -2.30. The maximum atomic E-state index is 12.1. The van der Waals surface area contributed by atoms with Crippen molar-refractivity contribution < 1.29 is 14.7 Å². The number of nitrogens with zero attached hydrogens (tertiary/aromatic N) is 1. The average Bonchev–Trinajstić information content (AvgIpc) is 2.83. The molecule has 0 radical (unpaired) electrons. The SMILES string of the molecule is C[C@@H]1CN(C(=O)c2cc(Br)c[nH]2)C[C@H]1C(=O)O. The first kappa shape index (κ1) is 12.2. The fraction of sp³-hybridized carbons (Fsp3) is 0.455. The van der Waals surface area contributed by atoms with Crippen LogP contribution in [0.4, 0.5) is 0 Å². The summed E-state index contributed by atoms with van der Waals surface area (Å²) in [6.07, 6.45) is 1.68. The third-order valence-electron chi connectivity index (χ3n) is 3.09. The van der Waals surface area contributed by atoms with Crippen LogP contribution in [0.3, 0.4) is 0 Å². The number of nitrogens with one attached hydrogen (secondary N) is 1. The van der Waals surface area contributed by atoms with Crippen LogP contribution in [0.2, 0.25) is 0 Å². The number of rotatable bonds is 2. The number of aliphatic carboxylic acids is 1. The number of aromatic nitrogens is 1. The maximum absolute atomic E-state index is 12.1. The van der Waals surface area contributed by atoms with Gasteiger partial charge in [-0.25, -0.2) is 0 Å². The van der Waals surface area contributed by atoms with E-state index < -0.39 is 11.9 Å². The van der Waals surface area contributed by atoms with Gasteiger partial charge >= 0.3 is 5.97 Å². The van der Waals surface area contributed by atoms with Gasteiger partial charge in [0.15, 0.2) is 0 Å². The van der Waals surface area contributed by atoms with E-state index in [2.05, 4.69) is 20.9 Å². The van der Waals surface area contributed by atoms with Crippen molar-refractivity contribution in [1.29, 1.82) is 0 Å². The molecule has 1 aromatic rings. The molecule has 1 aliphatic heterocycles. The van der Waals surface area contributed by atoms with E-state index in [-0.39, 0.29) is 18.4 Å². The molecule has 2 atom stereocenters. The van der Waals surface area contributed by atoms with Gasteiger partial charge in [-0.3, -0.25) is 9.59 Å². The Morgan fingerprint density at radius 3 is 2.71 bits per heavy atom. The zero-order valence-corrected chi connectivity index (χ0v) is 10.9. The highest BCUT2D eigenvalue weighted by Crippen LogP contribution is 2.25. The standard InChI is InChI=1S/C11H13BrN2O3/c1-6-4-14(5-8(6)11(16)17)10(15)9-2-7(12)3-13-9/h2-3,6,8,13H,4-5H2,1H3,(H,16,17)/t6-,8-/m1/s1. The van der Waals surface area contributed by atoms with Crippen LogP contribution in [-0.4, -0.2) is 40.0 Å². The molecule has 0 aromatic carbocycles. The second-order valence-electron chi connectivity index (χ2n) is 4.36. The summed E-state index contributed by atoms with van der Waals surface area (Å²) in [6.45, 7) is 2.63. The van der Waals surface area contributed by atoms with Crippen molar-refractivity contribution >= 4 is 27.8 Å². The van der Waals surface area contributed by atoms with E-state index in [0.717, 1.165) is 4.47 Å². The second-order valence-corrected chi connectivity index (χ2v) is 5.28. The van der Waals surface area contributed by atoms with Crippen LogP contribution in [0.25, 0.3) is 0 Å². The van der Waals surface area contributed by atoms with Crippen molar-refractivity contribution in [3.8, 4) is 0 Å². The van der Waals surface area contributed by atoms with E-state index in [1.54, 1.807) is 17.2 Å². The summed E-state index contributed by atoms with van der Waals surface area (Å²) in [5.41, 5.74) is 0.482. The Balaban J connectivity index is 2.10. The molecule has 6 heteroatoms. The van der Waals surface area contributed by atoms with E-state index in [9.17, 15) is 9.59 Å². The number of hydrogen-bond acceptors (Lipinski definition) is 2. The normalized spacial score (nSPS) is 24.0. The molecule has 5 nitrogen and oxygen atoms in total. The first-order valence-corrected chi connectivity index (χ1v) is 6.14. The molecular weight excluding hydrogens is 288 g/mol. The van der Waals surface area contributed by atoms with Crippen LogP contribution in [0.15, 0.2) is 16.7 Å². The Hall–Kier alpha value is -1.30. The minimum Gasteiger partial charge on any atom is -0.481 e. The maximum Gasteiger partial charge on any atom is 0.308 e. The molecule has 0 spiro atoms. The van der Waals surface area contributed by atoms with Gasteiger partial charge in [0, 0.05) is 23.8 Å². The van der Waals surface area contributed by atoms with Gasteiger partial charge < -0.3 is 15.0 Å². The fourth-order valence-corrected chi connectivity index (χ4v) is 2.46. The number of carbonyl (C=O) groups is 2. The summed E-state index contributed by atoms with van der Waals surface area (Å²) in [7, 11) is 0. The first-order chi connectivity index (χ1) is 7.99. The number of aromatic amines is 1. The Labute approximate surface area is 107 Å². The molecule has 1 fully saturated rings. The molecule has 2 rings (SSSR count). The number of halogens is 1. The fourth-order valence-electron chi connectivity index (χ4n) is 2.12. The lowest BCUT2D eigenvalue weighted by Gasteiger charge is -2.14. The van der Waals surface area contributed by atoms with Crippen LogP contribution in [0.5, 0.6) is 0 Å². The predicted octanol–water partition coefficient (Wildman–Crippen LogP) is 1.57. The highest BCUT2D eigenvalue weighted by molar-refractivity contribution is 9.10. The van der Waals surface area contributed by atoms with Gasteiger partial charge in [0.25, 0.3) is 5.91 Å². The molecular formula is C11H13BrN2O3. The van der Waals surface area contributed by atoms with Crippen molar-refractivity contribution in [2.24, 2.45) is 11.8 Å². The van der Waals surface area contributed by atoms with Gasteiger partial charge in [-0.05, 0) is 27.9 Å². The van der Waals surface area contributed by atoms with Crippen LogP contribution >= 0.6 is 15.9 Å². The molecule has 1 amide bonds. The lowest BCUT2D eigenvalue weighted by atomic mass is 9.99. The van der Waals surface area contributed by atoms with Crippen molar-refractivity contribution in [3.05, 3.63) is 22.4 Å². The quantitative estimate of drug-likeness (QED) is 0.871. The van der Waals surface area contributed by atoms with Crippen molar-refractivity contribution in [3.63, 3.8) is 0 Å². The Kier molecular flexibility index (Phi) is 3.24. The van der Waals surface area contributed by atoms with E-state index in [4.69, 9.17) is 5.11 Å². The van der Waals surface area contributed by atoms with Crippen molar-refractivity contribution in [2.75, 3.05) is 13.1 Å². The van der Waals surface area contributed by atoms with Crippen LogP contribution in [-0.2, 0) is 4.79 Å². The van der Waals surface area contributed by atoms with Gasteiger partial charge in [-0.1, -0.05) is 6.92 Å². The third-order valence-corrected chi connectivity index (χ3v) is 3.55. The summed E-state index contributed by atoms with van der Waals surface area (Å²) >= 11 is 3.26. The summed E-state index contributed by atoms with van der Waals surface area (Å²) in [6, 6.07) is 1.70. The molecule has 0 saturated carbocycles. The van der Waals surface area contributed by atoms with E-state index in [0.29, 0.717) is 12.2 Å². The van der Waals surface area contributed by atoms with E-state index in [1.165, 1.54) is 0 Å². The topological polar surface area (TPSA) is 73.4 Å². The molecule has 0 bridgehead atoms. The average molecular weight is 301 g/mol. The molecule has 0 unspecified atom stereocenters. The predicted molar refractivity (Wildman–Crippen MR) is 64.7 cm³/mol. The van der Waals surface area contributed by atoms with Gasteiger partial charge in [-0.2, -0.15) is 0 Å². The zero-order chi connectivity index (χ0) is 12.6. The summed E-state index contributed by atoms with van der Waals surface area (Å²) in [5, 5.41) is 9.00. The molecule has 1 aromatic heterocycles. The number of carboxylic acid groups (broad SMARTS) is 1. The van der Waals surface area contributed by atoms with Gasteiger partial charge in [0.2, 0.25) is 0 Å².